The summed E-state index contributed by atoms with van der Waals surface area (Å²) in [6.07, 6.45) is -0.648. The van der Waals surface area contributed by atoms with Crippen LogP contribution in [0.2, 0.25) is 0 Å². The molecule has 0 amide bonds. The molecule has 0 saturated carbocycles. The minimum atomic E-state index is -4.36. The summed E-state index contributed by atoms with van der Waals surface area (Å²) in [6.45, 7) is 3.57. The lowest BCUT2D eigenvalue weighted by Gasteiger charge is -2.16. The Hall–Kier alpha value is -0.170. The van der Waals surface area contributed by atoms with Crippen molar-refractivity contribution in [2.45, 2.75) is 20.0 Å². The highest BCUT2D eigenvalue weighted by Gasteiger charge is 2.18. The van der Waals surface area contributed by atoms with Gasteiger partial charge in [0.25, 0.3) is 0 Å². The van der Waals surface area contributed by atoms with Gasteiger partial charge in [-0.05, 0) is 5.92 Å². The van der Waals surface area contributed by atoms with Crippen LogP contribution in [0.1, 0.15) is 13.8 Å². The topological polar surface area (TPSA) is 89.6 Å². The smallest absolute Gasteiger partial charge is 0.328 e. The predicted octanol–water partition coefficient (Wildman–Crippen LogP) is -0.211. The number of rotatable bonds is 4. The summed E-state index contributed by atoms with van der Waals surface area (Å²) in [7, 11) is -4.36. The van der Waals surface area contributed by atoms with E-state index in [1.54, 1.807) is 13.8 Å². The summed E-state index contributed by atoms with van der Waals surface area (Å²) >= 11 is 0. The van der Waals surface area contributed by atoms with Gasteiger partial charge in [0, 0.05) is 6.54 Å². The molecule has 0 fully saturated rings. The van der Waals surface area contributed by atoms with Gasteiger partial charge < -0.3 is 5.73 Å². The van der Waals surface area contributed by atoms with Gasteiger partial charge in [0.1, 0.15) is 0 Å². The van der Waals surface area contributed by atoms with E-state index >= 15 is 0 Å². The van der Waals surface area contributed by atoms with Crippen molar-refractivity contribution >= 4 is 10.4 Å². The van der Waals surface area contributed by atoms with Gasteiger partial charge >= 0.3 is 10.4 Å². The van der Waals surface area contributed by atoms with Crippen LogP contribution in [0.15, 0.2) is 0 Å². The molecule has 1 atom stereocenters. The largest absolute Gasteiger partial charge is 0.397 e. The summed E-state index contributed by atoms with van der Waals surface area (Å²) < 4.78 is 32.9. The first-order valence-corrected chi connectivity index (χ1v) is 4.59. The van der Waals surface area contributed by atoms with Crippen molar-refractivity contribution in [2.75, 3.05) is 6.54 Å². The summed E-state index contributed by atoms with van der Waals surface area (Å²) in [5.74, 6) is -0.0399. The Labute approximate surface area is 66.5 Å². The van der Waals surface area contributed by atoms with E-state index in [0.29, 0.717) is 0 Å². The molecule has 68 valence electrons. The van der Waals surface area contributed by atoms with Crippen LogP contribution in [0.4, 0.5) is 0 Å². The zero-order valence-electron chi connectivity index (χ0n) is 6.52. The second-order valence-corrected chi connectivity index (χ2v) is 3.59. The van der Waals surface area contributed by atoms with Crippen molar-refractivity contribution in [3.05, 3.63) is 0 Å². The molecule has 0 heterocycles. The number of nitrogens with two attached hydrogens (primary N) is 1. The zero-order chi connectivity index (χ0) is 9.07. The van der Waals surface area contributed by atoms with E-state index in [1.165, 1.54) is 0 Å². The van der Waals surface area contributed by atoms with Crippen LogP contribution in [-0.2, 0) is 14.6 Å². The molecule has 0 aliphatic rings. The third-order valence-electron chi connectivity index (χ3n) is 1.22. The SMILES string of the molecule is CC(C)C(CN)OS(=O)(=O)O. The minimum absolute atomic E-state index is 0.0399. The molecule has 5 nitrogen and oxygen atoms in total. The Morgan fingerprint density at radius 2 is 2.00 bits per heavy atom. The van der Waals surface area contributed by atoms with E-state index in [9.17, 15) is 8.42 Å². The molecule has 0 aliphatic carbocycles. The fourth-order valence-electron chi connectivity index (χ4n) is 0.579. The number of hydrogen-bond acceptors (Lipinski definition) is 4. The van der Waals surface area contributed by atoms with Gasteiger partial charge in [-0.25, -0.2) is 4.18 Å². The first-order chi connectivity index (χ1) is 4.87. The maximum absolute atomic E-state index is 10.2. The van der Waals surface area contributed by atoms with Gasteiger partial charge in [0.05, 0.1) is 6.10 Å². The van der Waals surface area contributed by atoms with Crippen LogP contribution >= 0.6 is 0 Å². The summed E-state index contributed by atoms with van der Waals surface area (Å²) in [5, 5.41) is 0. The third-order valence-corrected chi connectivity index (χ3v) is 1.71. The summed E-state index contributed by atoms with van der Waals surface area (Å²) in [5.41, 5.74) is 5.18. The molecular formula is C5H13NO4S. The molecule has 0 aliphatic heterocycles. The fourth-order valence-corrected chi connectivity index (χ4v) is 1.19. The van der Waals surface area contributed by atoms with Crippen LogP contribution in [0.5, 0.6) is 0 Å². The van der Waals surface area contributed by atoms with Crippen molar-refractivity contribution in [1.82, 2.24) is 0 Å². The molecule has 11 heavy (non-hydrogen) atoms. The van der Waals surface area contributed by atoms with Crippen LogP contribution in [0, 0.1) is 5.92 Å². The van der Waals surface area contributed by atoms with Crippen LogP contribution < -0.4 is 5.73 Å². The van der Waals surface area contributed by atoms with Crippen LogP contribution in [0.25, 0.3) is 0 Å². The Morgan fingerprint density at radius 1 is 1.55 bits per heavy atom. The Bertz CT molecular complexity index is 199. The minimum Gasteiger partial charge on any atom is -0.328 e. The maximum Gasteiger partial charge on any atom is 0.397 e. The van der Waals surface area contributed by atoms with Crippen molar-refractivity contribution in [1.29, 1.82) is 0 Å². The highest BCUT2D eigenvalue weighted by atomic mass is 32.3. The molecule has 6 heteroatoms. The molecule has 0 radical (unpaired) electrons. The van der Waals surface area contributed by atoms with Gasteiger partial charge in [0.15, 0.2) is 0 Å². The first-order valence-electron chi connectivity index (χ1n) is 3.22. The second-order valence-electron chi connectivity index (χ2n) is 2.54. The molecule has 0 aromatic rings. The Morgan fingerprint density at radius 3 is 2.09 bits per heavy atom. The maximum atomic E-state index is 10.2. The van der Waals surface area contributed by atoms with E-state index in [1.807, 2.05) is 0 Å². The Kier molecular flexibility index (Phi) is 3.95. The third kappa shape index (κ3) is 5.14. The van der Waals surface area contributed by atoms with Gasteiger partial charge in [-0.1, -0.05) is 13.8 Å². The van der Waals surface area contributed by atoms with Crippen molar-refractivity contribution in [2.24, 2.45) is 11.7 Å². The van der Waals surface area contributed by atoms with Gasteiger partial charge in [-0.15, -0.1) is 0 Å². The van der Waals surface area contributed by atoms with Crippen LogP contribution in [-0.4, -0.2) is 25.6 Å². The molecule has 0 aromatic heterocycles. The lowest BCUT2D eigenvalue weighted by Crippen LogP contribution is -2.31. The van der Waals surface area contributed by atoms with Gasteiger partial charge in [0.2, 0.25) is 0 Å². The summed E-state index contributed by atoms with van der Waals surface area (Å²) in [6, 6.07) is 0. The molecule has 0 rings (SSSR count). The van der Waals surface area contributed by atoms with Crippen molar-refractivity contribution in [3.63, 3.8) is 0 Å². The van der Waals surface area contributed by atoms with Crippen molar-refractivity contribution < 1.29 is 17.2 Å². The molecule has 0 bridgehead atoms. The lowest BCUT2D eigenvalue weighted by molar-refractivity contribution is 0.145. The quantitative estimate of drug-likeness (QED) is 0.588. The predicted molar refractivity (Wildman–Crippen MR) is 40.3 cm³/mol. The highest BCUT2D eigenvalue weighted by molar-refractivity contribution is 7.80. The average Bonchev–Trinajstić information content (AvgIpc) is 1.80. The van der Waals surface area contributed by atoms with Gasteiger partial charge in [-0.3, -0.25) is 4.55 Å². The van der Waals surface area contributed by atoms with E-state index < -0.39 is 16.5 Å². The van der Waals surface area contributed by atoms with E-state index in [-0.39, 0.29) is 12.5 Å². The average molecular weight is 183 g/mol. The summed E-state index contributed by atoms with van der Waals surface area (Å²) in [4.78, 5) is 0. The molecular weight excluding hydrogens is 170 g/mol. The molecule has 1 unspecified atom stereocenters. The standard InChI is InChI=1S/C5H13NO4S/c1-4(2)5(3-6)10-11(7,8)9/h4-5H,3,6H2,1-2H3,(H,7,8,9). The van der Waals surface area contributed by atoms with Crippen molar-refractivity contribution in [3.8, 4) is 0 Å². The molecule has 0 aromatic carbocycles. The lowest BCUT2D eigenvalue weighted by atomic mass is 10.1. The van der Waals surface area contributed by atoms with Crippen LogP contribution in [0.3, 0.4) is 0 Å². The normalized spacial score (nSPS) is 15.4. The fraction of sp³-hybridized carbons (Fsp3) is 1.00. The first kappa shape index (κ1) is 10.8. The van der Waals surface area contributed by atoms with E-state index in [4.69, 9.17) is 10.3 Å². The highest BCUT2D eigenvalue weighted by Crippen LogP contribution is 2.07. The molecule has 0 spiro atoms. The monoisotopic (exact) mass is 183 g/mol. The number of hydrogen-bond donors (Lipinski definition) is 2. The second kappa shape index (κ2) is 4.01. The Balaban J connectivity index is 4.10. The van der Waals surface area contributed by atoms with Gasteiger partial charge in [-0.2, -0.15) is 8.42 Å². The zero-order valence-corrected chi connectivity index (χ0v) is 7.34. The molecule has 3 N–H and O–H groups in total. The van der Waals surface area contributed by atoms with E-state index in [0.717, 1.165) is 0 Å². The van der Waals surface area contributed by atoms with E-state index in [2.05, 4.69) is 4.18 Å². The molecule has 0 saturated heterocycles.